The summed E-state index contributed by atoms with van der Waals surface area (Å²) in [6.45, 7) is 3.68. The predicted molar refractivity (Wildman–Crippen MR) is 53.9 cm³/mol. The number of hydrogen-bond acceptors (Lipinski definition) is 4. The molecule has 0 spiro atoms. The third kappa shape index (κ3) is 2.30. The van der Waals surface area contributed by atoms with Crippen molar-refractivity contribution in [2.24, 2.45) is 5.92 Å². The van der Waals surface area contributed by atoms with Crippen molar-refractivity contribution >= 4 is 5.97 Å². The predicted octanol–water partition coefficient (Wildman–Crippen LogP) is 2.91. The average molecular weight is 245 g/mol. The highest BCUT2D eigenvalue weighted by Gasteiger charge is 2.40. The van der Waals surface area contributed by atoms with E-state index in [1.54, 1.807) is 6.92 Å². The highest BCUT2D eigenvalue weighted by atomic mass is 19.3. The molecule has 4 nitrogen and oxygen atoms in total. The summed E-state index contributed by atoms with van der Waals surface area (Å²) in [6.07, 6.45) is -1.98. The van der Waals surface area contributed by atoms with Gasteiger partial charge in [0.2, 0.25) is 5.76 Å². The largest absolute Gasteiger partial charge is 0.460 e. The molecule has 94 valence electrons. The lowest BCUT2D eigenvalue weighted by atomic mass is 10.3. The number of alkyl halides is 2. The number of esters is 1. The Labute approximate surface area is 97.0 Å². The molecule has 0 bridgehead atoms. The first kappa shape index (κ1) is 12.0. The van der Waals surface area contributed by atoms with Gasteiger partial charge in [-0.2, -0.15) is 0 Å². The van der Waals surface area contributed by atoms with Crippen LogP contribution in [0.25, 0.3) is 0 Å². The van der Waals surface area contributed by atoms with Gasteiger partial charge in [0.05, 0.1) is 6.61 Å². The van der Waals surface area contributed by atoms with Crippen molar-refractivity contribution in [3.63, 3.8) is 0 Å². The lowest BCUT2D eigenvalue weighted by Gasteiger charge is -1.99. The van der Waals surface area contributed by atoms with Crippen LogP contribution in [0.2, 0.25) is 0 Å². The Hall–Kier alpha value is -1.46. The first-order chi connectivity index (χ1) is 8.04. The van der Waals surface area contributed by atoms with Crippen LogP contribution >= 0.6 is 0 Å². The molecule has 1 aromatic heterocycles. The van der Waals surface area contributed by atoms with Crippen LogP contribution in [-0.4, -0.2) is 17.6 Å². The Bertz CT molecular complexity index is 430. The van der Waals surface area contributed by atoms with Crippen LogP contribution in [0.5, 0.6) is 0 Å². The molecular weight excluding hydrogens is 232 g/mol. The molecule has 6 heteroatoms. The van der Waals surface area contributed by atoms with Crippen LogP contribution in [0.15, 0.2) is 4.42 Å². The second-order valence-electron chi connectivity index (χ2n) is 4.11. The van der Waals surface area contributed by atoms with Crippen molar-refractivity contribution in [2.75, 3.05) is 6.61 Å². The summed E-state index contributed by atoms with van der Waals surface area (Å²) >= 11 is 0. The summed E-state index contributed by atoms with van der Waals surface area (Å²) in [6, 6.07) is 0. The lowest BCUT2D eigenvalue weighted by Crippen LogP contribution is -2.06. The molecule has 0 aliphatic heterocycles. The van der Waals surface area contributed by atoms with Crippen LogP contribution in [0, 0.1) is 5.92 Å². The minimum absolute atomic E-state index is 0.0516. The van der Waals surface area contributed by atoms with Gasteiger partial charge in [-0.25, -0.2) is 18.6 Å². The topological polar surface area (TPSA) is 52.3 Å². The first-order valence-electron chi connectivity index (χ1n) is 5.50. The van der Waals surface area contributed by atoms with Crippen LogP contribution in [-0.2, 0) is 4.74 Å². The summed E-state index contributed by atoms with van der Waals surface area (Å²) in [4.78, 5) is 15.1. The molecule has 0 N–H and O–H groups in total. The Kier molecular flexibility index (Phi) is 3.13. The van der Waals surface area contributed by atoms with Gasteiger partial charge in [0.15, 0.2) is 11.6 Å². The smallest absolute Gasteiger partial charge is 0.376 e. The van der Waals surface area contributed by atoms with Gasteiger partial charge in [-0.05, 0) is 19.3 Å². The molecule has 0 saturated heterocycles. The second-order valence-corrected chi connectivity index (χ2v) is 4.11. The van der Waals surface area contributed by atoms with E-state index in [2.05, 4.69) is 9.72 Å². The maximum atomic E-state index is 12.7. The fraction of sp³-hybridized carbons (Fsp3) is 0.636. The fourth-order valence-corrected chi connectivity index (χ4v) is 1.66. The zero-order valence-electron chi connectivity index (χ0n) is 9.57. The minimum Gasteiger partial charge on any atom is -0.460 e. The zero-order chi connectivity index (χ0) is 12.6. The van der Waals surface area contributed by atoms with Gasteiger partial charge in [0, 0.05) is 5.92 Å². The molecule has 1 heterocycles. The van der Waals surface area contributed by atoms with Crippen molar-refractivity contribution in [3.05, 3.63) is 17.3 Å². The summed E-state index contributed by atoms with van der Waals surface area (Å²) < 4.78 is 35.2. The number of oxazole rings is 1. The lowest BCUT2D eigenvalue weighted by molar-refractivity contribution is 0.0474. The minimum atomic E-state index is -2.83. The number of carbonyl (C=O) groups is 1. The van der Waals surface area contributed by atoms with E-state index in [4.69, 9.17) is 4.42 Å². The van der Waals surface area contributed by atoms with Crippen molar-refractivity contribution in [1.29, 1.82) is 0 Å². The maximum Gasteiger partial charge on any atom is 0.376 e. The number of carbonyl (C=O) groups excluding carboxylic acids is 1. The van der Waals surface area contributed by atoms with Gasteiger partial charge in [-0.3, -0.25) is 0 Å². The molecule has 1 aromatic rings. The van der Waals surface area contributed by atoms with Gasteiger partial charge in [-0.1, -0.05) is 6.92 Å². The van der Waals surface area contributed by atoms with E-state index in [9.17, 15) is 13.6 Å². The van der Waals surface area contributed by atoms with Crippen molar-refractivity contribution in [3.8, 4) is 0 Å². The summed E-state index contributed by atoms with van der Waals surface area (Å²) in [5.74, 6) is -0.702. The molecule has 2 atom stereocenters. The summed E-state index contributed by atoms with van der Waals surface area (Å²) in [5.41, 5.74) is -0.613. The van der Waals surface area contributed by atoms with E-state index >= 15 is 0 Å². The second kappa shape index (κ2) is 4.43. The normalized spacial score (nSPS) is 22.9. The zero-order valence-corrected chi connectivity index (χ0v) is 9.57. The van der Waals surface area contributed by atoms with Gasteiger partial charge < -0.3 is 9.15 Å². The SMILES string of the molecule is CCOC(=O)c1oc(C2CC2C)nc1C(F)F. The fourth-order valence-electron chi connectivity index (χ4n) is 1.66. The highest BCUT2D eigenvalue weighted by molar-refractivity contribution is 5.87. The van der Waals surface area contributed by atoms with Crippen molar-refractivity contribution in [2.45, 2.75) is 32.6 Å². The highest BCUT2D eigenvalue weighted by Crippen LogP contribution is 2.47. The summed E-state index contributed by atoms with van der Waals surface area (Å²) in [7, 11) is 0. The van der Waals surface area contributed by atoms with E-state index in [1.807, 2.05) is 6.92 Å². The van der Waals surface area contributed by atoms with E-state index in [1.165, 1.54) is 0 Å². The molecular formula is C11H13F2NO3. The monoisotopic (exact) mass is 245 g/mol. The number of halogens is 2. The quantitative estimate of drug-likeness (QED) is 0.765. The molecule has 0 amide bonds. The molecule has 1 aliphatic rings. The molecule has 1 fully saturated rings. The molecule has 2 unspecified atom stereocenters. The number of rotatable bonds is 4. The molecule has 1 aliphatic carbocycles. The number of aromatic nitrogens is 1. The van der Waals surface area contributed by atoms with Gasteiger partial charge in [0.1, 0.15) is 0 Å². The molecule has 0 aromatic carbocycles. The van der Waals surface area contributed by atoms with Crippen molar-refractivity contribution < 1.29 is 22.7 Å². The van der Waals surface area contributed by atoms with E-state index in [0.717, 1.165) is 6.42 Å². The molecule has 2 rings (SSSR count). The Morgan fingerprint density at radius 1 is 1.65 bits per heavy atom. The van der Waals surface area contributed by atoms with Crippen LogP contribution in [0.1, 0.15) is 54.8 Å². The van der Waals surface area contributed by atoms with Crippen LogP contribution in [0.4, 0.5) is 8.78 Å². The Balaban J connectivity index is 2.28. The average Bonchev–Trinajstić information content (AvgIpc) is 2.82. The van der Waals surface area contributed by atoms with E-state index in [-0.39, 0.29) is 18.4 Å². The number of hydrogen-bond donors (Lipinski definition) is 0. The van der Waals surface area contributed by atoms with Gasteiger partial charge >= 0.3 is 5.97 Å². The van der Waals surface area contributed by atoms with Gasteiger partial charge in [-0.15, -0.1) is 0 Å². The Morgan fingerprint density at radius 3 is 2.76 bits per heavy atom. The molecule has 17 heavy (non-hydrogen) atoms. The van der Waals surface area contributed by atoms with Crippen LogP contribution in [0.3, 0.4) is 0 Å². The van der Waals surface area contributed by atoms with E-state index in [0.29, 0.717) is 5.92 Å². The number of nitrogens with zero attached hydrogens (tertiary/aromatic N) is 1. The standard InChI is InChI=1S/C11H13F2NO3/c1-3-16-11(15)8-7(9(12)13)14-10(17-8)6-4-5(6)2/h5-6,9H,3-4H2,1-2H3. The third-order valence-corrected chi connectivity index (χ3v) is 2.76. The van der Waals surface area contributed by atoms with Crippen molar-refractivity contribution in [1.82, 2.24) is 4.98 Å². The number of ether oxygens (including phenoxy) is 1. The molecule has 0 radical (unpaired) electrons. The third-order valence-electron chi connectivity index (χ3n) is 2.76. The first-order valence-corrected chi connectivity index (χ1v) is 5.50. The van der Waals surface area contributed by atoms with Crippen LogP contribution < -0.4 is 0 Å². The van der Waals surface area contributed by atoms with E-state index < -0.39 is 23.8 Å². The maximum absolute atomic E-state index is 12.7. The summed E-state index contributed by atoms with van der Waals surface area (Å²) in [5, 5.41) is 0. The molecule has 1 saturated carbocycles. The Morgan fingerprint density at radius 2 is 2.29 bits per heavy atom. The van der Waals surface area contributed by atoms with Gasteiger partial charge in [0.25, 0.3) is 6.43 Å².